The molecule has 1 aliphatic heterocycles. The van der Waals surface area contributed by atoms with Gasteiger partial charge in [0.05, 0.1) is 13.2 Å². The van der Waals surface area contributed by atoms with Crippen LogP contribution in [0.2, 0.25) is 0 Å². The summed E-state index contributed by atoms with van der Waals surface area (Å²) in [5, 5.41) is 0. The second kappa shape index (κ2) is 5.20. The van der Waals surface area contributed by atoms with Gasteiger partial charge in [0.25, 0.3) is 0 Å². The molecule has 1 aromatic heterocycles. The average Bonchev–Trinajstić information content (AvgIpc) is 2.38. The lowest BCUT2D eigenvalue weighted by Gasteiger charge is -2.34. The van der Waals surface area contributed by atoms with Crippen LogP contribution in [0, 0.1) is 0 Å². The van der Waals surface area contributed by atoms with Gasteiger partial charge in [-0.2, -0.15) is 13.2 Å². The van der Waals surface area contributed by atoms with Gasteiger partial charge in [-0.05, 0) is 0 Å². The largest absolute Gasteiger partial charge is 0.416 e. The molecule has 0 unspecified atom stereocenters. The van der Waals surface area contributed by atoms with Crippen LogP contribution in [0.4, 0.5) is 24.8 Å². The van der Waals surface area contributed by atoms with Crippen molar-refractivity contribution >= 4 is 11.6 Å². The third-order valence-corrected chi connectivity index (χ3v) is 2.85. The van der Waals surface area contributed by atoms with Crippen LogP contribution in [0.3, 0.4) is 0 Å². The molecule has 0 N–H and O–H groups in total. The average molecular weight is 276 g/mol. The van der Waals surface area contributed by atoms with Crippen molar-refractivity contribution in [2.24, 2.45) is 0 Å². The first-order chi connectivity index (χ1) is 8.88. The van der Waals surface area contributed by atoms with E-state index < -0.39 is 12.3 Å². The number of nitrogens with zero attached hydrogens (tertiary/aromatic N) is 4. The Kier molecular flexibility index (Phi) is 3.79. The highest BCUT2D eigenvalue weighted by Crippen LogP contribution is 2.27. The van der Waals surface area contributed by atoms with Crippen LogP contribution in [0.1, 0.15) is 0 Å². The zero-order valence-electron chi connectivity index (χ0n) is 10.7. The van der Waals surface area contributed by atoms with Crippen molar-refractivity contribution in [2.75, 3.05) is 43.6 Å². The molecule has 2 rings (SSSR count). The van der Waals surface area contributed by atoms with E-state index in [4.69, 9.17) is 4.74 Å². The third-order valence-electron chi connectivity index (χ3n) is 2.85. The van der Waals surface area contributed by atoms with Gasteiger partial charge in [0.15, 0.2) is 6.10 Å². The maximum atomic E-state index is 12.6. The van der Waals surface area contributed by atoms with E-state index in [-0.39, 0.29) is 13.2 Å². The molecule has 0 spiro atoms. The second-order valence-corrected chi connectivity index (χ2v) is 4.48. The van der Waals surface area contributed by atoms with Crippen molar-refractivity contribution in [3.63, 3.8) is 0 Å². The summed E-state index contributed by atoms with van der Waals surface area (Å²) in [7, 11) is 3.62. The van der Waals surface area contributed by atoms with E-state index in [1.54, 1.807) is 15.9 Å². The van der Waals surface area contributed by atoms with E-state index in [2.05, 4.69) is 9.97 Å². The van der Waals surface area contributed by atoms with Crippen molar-refractivity contribution < 1.29 is 17.9 Å². The number of alkyl halides is 3. The lowest BCUT2D eigenvalue weighted by atomic mass is 10.2. The molecular weight excluding hydrogens is 261 g/mol. The van der Waals surface area contributed by atoms with Gasteiger partial charge in [0, 0.05) is 26.7 Å². The Bertz CT molecular complexity index is 438. The van der Waals surface area contributed by atoms with E-state index in [1.165, 1.54) is 6.33 Å². The molecule has 5 nitrogen and oxygen atoms in total. The molecule has 0 aromatic carbocycles. The fourth-order valence-electron chi connectivity index (χ4n) is 1.81. The van der Waals surface area contributed by atoms with Crippen molar-refractivity contribution in [2.45, 2.75) is 12.3 Å². The fraction of sp³-hybridized carbons (Fsp3) is 0.636. The maximum absolute atomic E-state index is 12.6. The quantitative estimate of drug-likeness (QED) is 0.814. The van der Waals surface area contributed by atoms with Crippen LogP contribution in [-0.2, 0) is 4.74 Å². The summed E-state index contributed by atoms with van der Waals surface area (Å²) in [5.74, 6) is 1.14. The Morgan fingerprint density at radius 1 is 1.37 bits per heavy atom. The highest BCUT2D eigenvalue weighted by Gasteiger charge is 2.43. The van der Waals surface area contributed by atoms with Gasteiger partial charge < -0.3 is 14.5 Å². The van der Waals surface area contributed by atoms with Gasteiger partial charge in [-0.15, -0.1) is 0 Å². The molecule has 0 bridgehead atoms. The van der Waals surface area contributed by atoms with Crippen LogP contribution in [0.15, 0.2) is 12.4 Å². The monoisotopic (exact) mass is 276 g/mol. The smallest absolute Gasteiger partial charge is 0.365 e. The Morgan fingerprint density at radius 2 is 2.11 bits per heavy atom. The molecule has 1 saturated heterocycles. The van der Waals surface area contributed by atoms with E-state index in [0.717, 1.165) is 0 Å². The first kappa shape index (κ1) is 13.9. The number of rotatable bonds is 2. The minimum Gasteiger partial charge on any atom is -0.365 e. The Morgan fingerprint density at radius 3 is 2.74 bits per heavy atom. The Labute approximate surface area is 109 Å². The summed E-state index contributed by atoms with van der Waals surface area (Å²) >= 11 is 0. The van der Waals surface area contributed by atoms with Crippen molar-refractivity contribution in [3.05, 3.63) is 12.4 Å². The van der Waals surface area contributed by atoms with Crippen LogP contribution in [0.25, 0.3) is 0 Å². The van der Waals surface area contributed by atoms with Gasteiger partial charge in [0.1, 0.15) is 18.0 Å². The summed E-state index contributed by atoms with van der Waals surface area (Å²) in [6, 6.07) is 1.67. The summed E-state index contributed by atoms with van der Waals surface area (Å²) in [6.07, 6.45) is -4.77. The van der Waals surface area contributed by atoms with Crippen molar-refractivity contribution in [1.82, 2.24) is 9.97 Å². The molecule has 8 heteroatoms. The first-order valence-electron chi connectivity index (χ1n) is 5.80. The van der Waals surface area contributed by atoms with Crippen LogP contribution in [0.5, 0.6) is 0 Å². The predicted octanol–water partition coefficient (Wildman–Crippen LogP) is 1.31. The number of hydrogen-bond donors (Lipinski definition) is 0. The molecule has 1 aromatic rings. The molecule has 1 atom stereocenters. The minimum atomic E-state index is -4.35. The number of morpholine rings is 1. The summed E-state index contributed by atoms with van der Waals surface area (Å²) < 4.78 is 42.7. The molecule has 0 aliphatic carbocycles. The summed E-state index contributed by atoms with van der Waals surface area (Å²) in [4.78, 5) is 11.4. The van der Waals surface area contributed by atoms with Gasteiger partial charge in [-0.3, -0.25) is 0 Å². The maximum Gasteiger partial charge on any atom is 0.416 e. The van der Waals surface area contributed by atoms with E-state index in [1.807, 2.05) is 14.1 Å². The number of aromatic nitrogens is 2. The second-order valence-electron chi connectivity index (χ2n) is 4.48. The molecule has 2 heterocycles. The SMILES string of the molecule is CN(C)c1cc(N2CCO[C@@H](C(F)(F)F)C2)ncn1. The summed E-state index contributed by atoms with van der Waals surface area (Å²) in [5.41, 5.74) is 0. The molecule has 19 heavy (non-hydrogen) atoms. The lowest BCUT2D eigenvalue weighted by Crippen LogP contribution is -2.49. The minimum absolute atomic E-state index is 0.0332. The topological polar surface area (TPSA) is 41.5 Å². The van der Waals surface area contributed by atoms with Gasteiger partial charge in [0.2, 0.25) is 0 Å². The van der Waals surface area contributed by atoms with Crippen LogP contribution < -0.4 is 9.80 Å². The van der Waals surface area contributed by atoms with Crippen LogP contribution >= 0.6 is 0 Å². The molecule has 0 saturated carbocycles. The molecule has 106 valence electrons. The van der Waals surface area contributed by atoms with Gasteiger partial charge in [-0.25, -0.2) is 9.97 Å². The predicted molar refractivity (Wildman–Crippen MR) is 64.4 cm³/mol. The Hall–Kier alpha value is -1.57. The molecule has 1 aliphatic rings. The lowest BCUT2D eigenvalue weighted by molar-refractivity contribution is -0.221. The highest BCUT2D eigenvalue weighted by molar-refractivity contribution is 5.49. The zero-order chi connectivity index (χ0) is 14.0. The van der Waals surface area contributed by atoms with E-state index in [0.29, 0.717) is 18.2 Å². The summed E-state index contributed by atoms with van der Waals surface area (Å²) in [6.45, 7) is 0.176. The number of halogens is 3. The van der Waals surface area contributed by atoms with E-state index >= 15 is 0 Å². The standard InChI is InChI=1S/C11H15F3N4O/c1-17(2)9-5-10(16-7-15-9)18-3-4-19-8(6-18)11(12,13)14/h5,7-8H,3-4,6H2,1-2H3/t8-/m1/s1. The fourth-order valence-corrected chi connectivity index (χ4v) is 1.81. The van der Waals surface area contributed by atoms with Gasteiger partial charge in [-0.1, -0.05) is 0 Å². The highest BCUT2D eigenvalue weighted by atomic mass is 19.4. The Balaban J connectivity index is 2.15. The molecule has 0 amide bonds. The number of ether oxygens (including phenoxy) is 1. The molecule has 0 radical (unpaired) electrons. The van der Waals surface area contributed by atoms with E-state index in [9.17, 15) is 13.2 Å². The molecule has 1 fully saturated rings. The van der Waals surface area contributed by atoms with Crippen molar-refractivity contribution in [3.8, 4) is 0 Å². The molecular formula is C11H15F3N4O. The van der Waals surface area contributed by atoms with Gasteiger partial charge >= 0.3 is 6.18 Å². The number of hydrogen-bond acceptors (Lipinski definition) is 5. The van der Waals surface area contributed by atoms with Crippen molar-refractivity contribution in [1.29, 1.82) is 0 Å². The third kappa shape index (κ3) is 3.25. The zero-order valence-corrected chi connectivity index (χ0v) is 10.7. The normalized spacial score (nSPS) is 20.5. The van der Waals surface area contributed by atoms with Crippen LogP contribution in [-0.4, -0.2) is 56.0 Å². The number of anilines is 2. The first-order valence-corrected chi connectivity index (χ1v) is 5.80.